The minimum Gasteiger partial charge on any atom is -0.389 e. The maximum Gasteiger partial charge on any atom is 0.0897 e. The molecule has 1 heterocycles. The van der Waals surface area contributed by atoms with Gasteiger partial charge in [0, 0.05) is 22.9 Å². The zero-order chi connectivity index (χ0) is 15.1. The Bertz CT molecular complexity index is 438. The van der Waals surface area contributed by atoms with Gasteiger partial charge in [0.15, 0.2) is 0 Å². The fourth-order valence-electron chi connectivity index (χ4n) is 2.46. The van der Waals surface area contributed by atoms with E-state index in [2.05, 4.69) is 12.2 Å². The summed E-state index contributed by atoms with van der Waals surface area (Å²) in [6.07, 6.45) is 2.07. The lowest BCUT2D eigenvalue weighted by atomic mass is 10.1. The molecular weight excluding hydrogens is 306 g/mol. The van der Waals surface area contributed by atoms with E-state index in [0.717, 1.165) is 12.1 Å². The van der Waals surface area contributed by atoms with E-state index in [1.54, 1.807) is 0 Å². The second kappa shape index (κ2) is 8.39. The van der Waals surface area contributed by atoms with Gasteiger partial charge in [-0.25, -0.2) is 0 Å². The second-order valence-electron chi connectivity index (χ2n) is 5.79. The SMILES string of the molecule is CC1(CNCC(O)COCc2ccccc2Cl)CCCS1. The number of halogens is 1. The Morgan fingerprint density at radius 2 is 2.29 bits per heavy atom. The molecule has 1 aromatic rings. The fraction of sp³-hybridized carbons (Fsp3) is 0.625. The summed E-state index contributed by atoms with van der Waals surface area (Å²) in [6.45, 7) is 4.56. The van der Waals surface area contributed by atoms with Crippen LogP contribution in [0.1, 0.15) is 25.3 Å². The van der Waals surface area contributed by atoms with Crippen LogP contribution < -0.4 is 5.32 Å². The summed E-state index contributed by atoms with van der Waals surface area (Å²) in [6, 6.07) is 7.61. The molecule has 0 saturated carbocycles. The number of hydrogen-bond donors (Lipinski definition) is 2. The van der Waals surface area contributed by atoms with Crippen LogP contribution in [0.4, 0.5) is 0 Å². The lowest BCUT2D eigenvalue weighted by Gasteiger charge is -2.24. The summed E-state index contributed by atoms with van der Waals surface area (Å²) in [5, 5.41) is 14.0. The molecule has 0 amide bonds. The zero-order valence-electron chi connectivity index (χ0n) is 12.5. The number of aliphatic hydroxyl groups excluding tert-OH is 1. The van der Waals surface area contributed by atoms with Crippen molar-refractivity contribution < 1.29 is 9.84 Å². The van der Waals surface area contributed by atoms with Gasteiger partial charge in [0.1, 0.15) is 0 Å². The highest BCUT2D eigenvalue weighted by Crippen LogP contribution is 2.36. The zero-order valence-corrected chi connectivity index (χ0v) is 14.1. The lowest BCUT2D eigenvalue weighted by molar-refractivity contribution is 0.0287. The van der Waals surface area contributed by atoms with Crippen LogP contribution in [0.25, 0.3) is 0 Å². The first-order chi connectivity index (χ1) is 10.1. The maximum atomic E-state index is 9.93. The van der Waals surface area contributed by atoms with E-state index in [0.29, 0.717) is 29.5 Å². The van der Waals surface area contributed by atoms with Crippen LogP contribution in [0.15, 0.2) is 24.3 Å². The standard InChI is InChI=1S/C16H24ClNO2S/c1-16(7-4-8-21-16)12-18-9-14(19)11-20-10-13-5-2-3-6-15(13)17/h2-3,5-6,14,18-19H,4,7-12H2,1H3. The van der Waals surface area contributed by atoms with Crippen LogP contribution in [0.2, 0.25) is 5.02 Å². The largest absolute Gasteiger partial charge is 0.389 e. The first-order valence-electron chi connectivity index (χ1n) is 7.43. The monoisotopic (exact) mass is 329 g/mol. The van der Waals surface area contributed by atoms with Crippen molar-refractivity contribution in [3.63, 3.8) is 0 Å². The molecule has 1 aromatic carbocycles. The van der Waals surface area contributed by atoms with Crippen molar-refractivity contribution in [3.05, 3.63) is 34.9 Å². The van der Waals surface area contributed by atoms with Gasteiger partial charge in [-0.15, -0.1) is 0 Å². The van der Waals surface area contributed by atoms with Gasteiger partial charge in [0.25, 0.3) is 0 Å². The van der Waals surface area contributed by atoms with Crippen LogP contribution in [-0.2, 0) is 11.3 Å². The van der Waals surface area contributed by atoms with Crippen molar-refractivity contribution in [1.29, 1.82) is 0 Å². The predicted molar refractivity (Wildman–Crippen MR) is 90.1 cm³/mol. The molecule has 2 atom stereocenters. The van der Waals surface area contributed by atoms with Crippen LogP contribution in [0, 0.1) is 0 Å². The molecule has 21 heavy (non-hydrogen) atoms. The van der Waals surface area contributed by atoms with Gasteiger partial charge in [0.05, 0.1) is 19.3 Å². The third-order valence-electron chi connectivity index (χ3n) is 3.71. The van der Waals surface area contributed by atoms with Crippen LogP contribution in [-0.4, -0.2) is 41.4 Å². The Labute approximate surface area is 136 Å². The molecule has 2 N–H and O–H groups in total. The van der Waals surface area contributed by atoms with E-state index >= 15 is 0 Å². The van der Waals surface area contributed by atoms with Crippen molar-refractivity contribution >= 4 is 23.4 Å². The number of benzene rings is 1. The summed E-state index contributed by atoms with van der Waals surface area (Å²) in [7, 11) is 0. The average molecular weight is 330 g/mol. The number of aliphatic hydroxyl groups is 1. The van der Waals surface area contributed by atoms with Crippen molar-refractivity contribution in [2.75, 3.05) is 25.4 Å². The molecule has 1 aliphatic rings. The minimum absolute atomic E-state index is 0.322. The molecule has 1 saturated heterocycles. The molecule has 0 bridgehead atoms. The number of thioether (sulfide) groups is 1. The summed E-state index contributed by atoms with van der Waals surface area (Å²) < 4.78 is 5.86. The summed E-state index contributed by atoms with van der Waals surface area (Å²) in [5.74, 6) is 1.25. The van der Waals surface area contributed by atoms with Crippen LogP contribution in [0.3, 0.4) is 0 Å². The van der Waals surface area contributed by atoms with E-state index < -0.39 is 6.10 Å². The van der Waals surface area contributed by atoms with E-state index in [9.17, 15) is 5.11 Å². The summed E-state index contributed by atoms with van der Waals surface area (Å²) >= 11 is 8.08. The molecule has 0 aromatic heterocycles. The molecule has 1 fully saturated rings. The van der Waals surface area contributed by atoms with Crippen molar-refractivity contribution in [2.24, 2.45) is 0 Å². The highest BCUT2D eigenvalue weighted by molar-refractivity contribution is 8.00. The third kappa shape index (κ3) is 5.80. The normalized spacial score (nSPS) is 23.4. The van der Waals surface area contributed by atoms with Gasteiger partial charge in [-0.05, 0) is 37.1 Å². The van der Waals surface area contributed by atoms with Crippen molar-refractivity contribution in [2.45, 2.75) is 37.2 Å². The number of ether oxygens (including phenoxy) is 1. The molecule has 0 radical (unpaired) electrons. The molecule has 0 spiro atoms. The van der Waals surface area contributed by atoms with Crippen LogP contribution >= 0.6 is 23.4 Å². The first-order valence-corrected chi connectivity index (χ1v) is 8.79. The average Bonchev–Trinajstić information content (AvgIpc) is 2.88. The maximum absolute atomic E-state index is 9.93. The van der Waals surface area contributed by atoms with E-state index in [1.165, 1.54) is 18.6 Å². The summed E-state index contributed by atoms with van der Waals surface area (Å²) in [4.78, 5) is 0. The van der Waals surface area contributed by atoms with Gasteiger partial charge in [-0.1, -0.05) is 29.8 Å². The van der Waals surface area contributed by atoms with Gasteiger partial charge >= 0.3 is 0 Å². The first kappa shape index (κ1) is 17.1. The van der Waals surface area contributed by atoms with Crippen molar-refractivity contribution in [1.82, 2.24) is 5.32 Å². The molecule has 1 aliphatic heterocycles. The molecule has 0 aliphatic carbocycles. The Morgan fingerprint density at radius 3 is 3.00 bits per heavy atom. The fourth-order valence-corrected chi connectivity index (χ4v) is 3.92. The smallest absolute Gasteiger partial charge is 0.0897 e. The molecule has 5 heteroatoms. The Hall–Kier alpha value is -0.260. The Morgan fingerprint density at radius 1 is 1.48 bits per heavy atom. The van der Waals surface area contributed by atoms with E-state index in [-0.39, 0.29) is 0 Å². The van der Waals surface area contributed by atoms with Crippen molar-refractivity contribution in [3.8, 4) is 0 Å². The van der Waals surface area contributed by atoms with Gasteiger partial charge in [-0.3, -0.25) is 0 Å². The lowest BCUT2D eigenvalue weighted by Crippen LogP contribution is -2.38. The van der Waals surface area contributed by atoms with Crippen LogP contribution in [0.5, 0.6) is 0 Å². The topological polar surface area (TPSA) is 41.5 Å². The molecule has 3 nitrogen and oxygen atoms in total. The predicted octanol–water partition coefficient (Wildman–Crippen LogP) is 3.09. The minimum atomic E-state index is -0.484. The second-order valence-corrected chi connectivity index (χ2v) is 7.88. The highest BCUT2D eigenvalue weighted by atomic mass is 35.5. The van der Waals surface area contributed by atoms with E-state index in [1.807, 2.05) is 36.0 Å². The summed E-state index contributed by atoms with van der Waals surface area (Å²) in [5.41, 5.74) is 0.953. The Kier molecular flexibility index (Phi) is 6.83. The van der Waals surface area contributed by atoms with E-state index in [4.69, 9.17) is 16.3 Å². The number of nitrogens with one attached hydrogen (secondary N) is 1. The molecular formula is C16H24ClNO2S. The molecule has 118 valence electrons. The number of hydrogen-bond acceptors (Lipinski definition) is 4. The Balaban J connectivity index is 1.59. The third-order valence-corrected chi connectivity index (χ3v) is 5.61. The highest BCUT2D eigenvalue weighted by Gasteiger charge is 2.28. The molecule has 2 unspecified atom stereocenters. The molecule has 2 rings (SSSR count). The number of rotatable bonds is 8. The van der Waals surface area contributed by atoms with Gasteiger partial charge < -0.3 is 15.2 Å². The van der Waals surface area contributed by atoms with Gasteiger partial charge in [-0.2, -0.15) is 11.8 Å². The quantitative estimate of drug-likeness (QED) is 0.769. The van der Waals surface area contributed by atoms with Gasteiger partial charge in [0.2, 0.25) is 0 Å².